The fourth-order valence-corrected chi connectivity index (χ4v) is 3.18. The number of hydrogen-bond donors (Lipinski definition) is 3. The summed E-state index contributed by atoms with van der Waals surface area (Å²) in [5.74, 6) is -4.68. The second kappa shape index (κ2) is 7.87. The minimum Gasteiger partial charge on any atom is -0.461 e. The molecule has 6 nitrogen and oxygen atoms in total. The van der Waals surface area contributed by atoms with E-state index in [0.717, 1.165) is 0 Å². The Morgan fingerprint density at radius 1 is 1.17 bits per heavy atom. The van der Waals surface area contributed by atoms with E-state index >= 15 is 0 Å². The standard InChI is InChI=1S/C22H22F2N2O4/c1-13-18(19(28)26-21(2,12-27)20(25)29)16-10-15(8-9-17(16)30-13)22(23,24)11-14-6-4-3-5-7-14/h3-10,27H,11-12H2,1-2H3,(H2,25,29)(H,26,28). The highest BCUT2D eigenvalue weighted by atomic mass is 19.3. The number of furan rings is 1. The normalized spacial score (nSPS) is 13.8. The number of nitrogens with one attached hydrogen (secondary N) is 1. The van der Waals surface area contributed by atoms with E-state index in [2.05, 4.69) is 5.32 Å². The molecule has 0 aliphatic carbocycles. The number of primary amides is 1. The number of fused-ring (bicyclic) bond motifs is 1. The van der Waals surface area contributed by atoms with Crippen LogP contribution < -0.4 is 11.1 Å². The summed E-state index contributed by atoms with van der Waals surface area (Å²) in [4.78, 5) is 24.4. The zero-order chi connectivity index (χ0) is 22.1. The van der Waals surface area contributed by atoms with Crippen LogP contribution in [0.1, 0.15) is 34.2 Å². The zero-order valence-corrected chi connectivity index (χ0v) is 16.5. The number of alkyl halides is 2. The minimum absolute atomic E-state index is 0.00304. The van der Waals surface area contributed by atoms with Gasteiger partial charge in [0, 0.05) is 17.4 Å². The average Bonchev–Trinajstić information content (AvgIpc) is 3.03. The molecule has 0 spiro atoms. The van der Waals surface area contributed by atoms with Crippen molar-refractivity contribution in [1.82, 2.24) is 5.32 Å². The molecule has 3 rings (SSSR count). The van der Waals surface area contributed by atoms with E-state index < -0.39 is 36.3 Å². The summed E-state index contributed by atoms with van der Waals surface area (Å²) in [5, 5.41) is 12.0. The van der Waals surface area contributed by atoms with Crippen molar-refractivity contribution >= 4 is 22.8 Å². The lowest BCUT2D eigenvalue weighted by Crippen LogP contribution is -2.57. The zero-order valence-electron chi connectivity index (χ0n) is 16.5. The molecule has 1 heterocycles. The highest BCUT2D eigenvalue weighted by molar-refractivity contribution is 6.09. The number of hydrogen-bond acceptors (Lipinski definition) is 4. The lowest BCUT2D eigenvalue weighted by atomic mass is 9.97. The SMILES string of the molecule is Cc1oc2ccc(C(F)(F)Cc3ccccc3)cc2c1C(=O)NC(C)(CO)C(N)=O. The number of carbonyl (C=O) groups excluding carboxylic acids is 2. The number of benzene rings is 2. The number of carbonyl (C=O) groups is 2. The molecule has 3 aromatic rings. The molecule has 0 saturated heterocycles. The number of aryl methyl sites for hydroxylation is 1. The van der Waals surface area contributed by atoms with E-state index in [1.54, 1.807) is 30.3 Å². The van der Waals surface area contributed by atoms with Crippen molar-refractivity contribution in [3.05, 3.63) is 71.0 Å². The van der Waals surface area contributed by atoms with Crippen LogP contribution in [0, 0.1) is 6.92 Å². The molecule has 1 atom stereocenters. The molecule has 0 aliphatic rings. The van der Waals surface area contributed by atoms with Crippen molar-refractivity contribution in [3.8, 4) is 0 Å². The maximum absolute atomic E-state index is 14.9. The predicted octanol–water partition coefficient (Wildman–Crippen LogP) is 3.04. The quantitative estimate of drug-likeness (QED) is 0.550. The van der Waals surface area contributed by atoms with E-state index in [-0.39, 0.29) is 27.9 Å². The summed E-state index contributed by atoms with van der Waals surface area (Å²) in [6, 6.07) is 12.2. The summed E-state index contributed by atoms with van der Waals surface area (Å²) in [6.45, 7) is 2.06. The Kier molecular flexibility index (Phi) is 5.63. The van der Waals surface area contributed by atoms with Crippen molar-refractivity contribution in [2.75, 3.05) is 6.61 Å². The van der Waals surface area contributed by atoms with Gasteiger partial charge in [-0.1, -0.05) is 30.3 Å². The van der Waals surface area contributed by atoms with Gasteiger partial charge in [-0.25, -0.2) is 8.78 Å². The molecule has 0 saturated carbocycles. The lowest BCUT2D eigenvalue weighted by molar-refractivity contribution is -0.124. The van der Waals surface area contributed by atoms with E-state index in [4.69, 9.17) is 10.2 Å². The Balaban J connectivity index is 2.00. The van der Waals surface area contributed by atoms with Crippen molar-refractivity contribution in [1.29, 1.82) is 0 Å². The molecule has 158 valence electrons. The molecule has 1 unspecified atom stereocenters. The van der Waals surface area contributed by atoms with Crippen molar-refractivity contribution in [3.63, 3.8) is 0 Å². The minimum atomic E-state index is -3.18. The molecule has 2 aromatic carbocycles. The van der Waals surface area contributed by atoms with Gasteiger partial charge in [0.15, 0.2) is 0 Å². The highest BCUT2D eigenvalue weighted by Gasteiger charge is 2.35. The smallest absolute Gasteiger partial charge is 0.277 e. The number of nitrogens with two attached hydrogens (primary N) is 1. The average molecular weight is 416 g/mol. The van der Waals surface area contributed by atoms with Gasteiger partial charge in [0.25, 0.3) is 11.8 Å². The lowest BCUT2D eigenvalue weighted by Gasteiger charge is -2.24. The third-order valence-electron chi connectivity index (χ3n) is 5.03. The Morgan fingerprint density at radius 2 is 1.83 bits per heavy atom. The van der Waals surface area contributed by atoms with Crippen LogP contribution in [0.25, 0.3) is 11.0 Å². The summed E-state index contributed by atoms with van der Waals surface area (Å²) >= 11 is 0. The Labute approximate surface area is 171 Å². The molecule has 30 heavy (non-hydrogen) atoms. The second-order valence-electron chi connectivity index (χ2n) is 7.42. The molecule has 0 bridgehead atoms. The topological polar surface area (TPSA) is 106 Å². The van der Waals surface area contributed by atoms with E-state index in [0.29, 0.717) is 5.56 Å². The van der Waals surface area contributed by atoms with Crippen LogP contribution in [0.5, 0.6) is 0 Å². The molecular weight excluding hydrogens is 394 g/mol. The first-order chi connectivity index (χ1) is 14.1. The molecule has 1 aromatic heterocycles. The summed E-state index contributed by atoms with van der Waals surface area (Å²) in [5.41, 5.74) is 4.01. The number of halogens is 2. The number of rotatable bonds is 7. The molecule has 8 heteroatoms. The molecule has 2 amide bonds. The maximum atomic E-state index is 14.9. The van der Waals surface area contributed by atoms with Crippen LogP contribution in [0.3, 0.4) is 0 Å². The number of aliphatic hydroxyl groups is 1. The van der Waals surface area contributed by atoms with Crippen molar-refractivity contribution in [2.45, 2.75) is 31.7 Å². The Bertz CT molecular complexity index is 1100. The van der Waals surface area contributed by atoms with Crippen LogP contribution in [0.2, 0.25) is 0 Å². The number of amides is 2. The highest BCUT2D eigenvalue weighted by Crippen LogP contribution is 2.36. The fraction of sp³-hybridized carbons (Fsp3) is 0.273. The molecule has 0 aliphatic heterocycles. The van der Waals surface area contributed by atoms with Crippen LogP contribution in [0.15, 0.2) is 52.9 Å². The van der Waals surface area contributed by atoms with Gasteiger partial charge in [-0.2, -0.15) is 0 Å². The predicted molar refractivity (Wildman–Crippen MR) is 107 cm³/mol. The Morgan fingerprint density at radius 3 is 2.43 bits per heavy atom. The number of aliphatic hydroxyl groups excluding tert-OH is 1. The van der Waals surface area contributed by atoms with Gasteiger partial charge in [-0.05, 0) is 37.6 Å². The van der Waals surface area contributed by atoms with Crippen molar-refractivity contribution in [2.24, 2.45) is 5.73 Å². The summed E-state index contributed by atoms with van der Waals surface area (Å²) in [6.07, 6.45) is -0.498. The fourth-order valence-electron chi connectivity index (χ4n) is 3.18. The van der Waals surface area contributed by atoms with Crippen LogP contribution >= 0.6 is 0 Å². The molecule has 0 fully saturated rings. The largest absolute Gasteiger partial charge is 0.461 e. The maximum Gasteiger partial charge on any atom is 0.277 e. The van der Waals surface area contributed by atoms with Gasteiger partial charge in [-0.15, -0.1) is 0 Å². The second-order valence-corrected chi connectivity index (χ2v) is 7.42. The summed E-state index contributed by atoms with van der Waals surface area (Å²) in [7, 11) is 0. The molecular formula is C22H22F2N2O4. The van der Waals surface area contributed by atoms with Gasteiger partial charge in [0.05, 0.1) is 12.2 Å². The van der Waals surface area contributed by atoms with Crippen molar-refractivity contribution < 1.29 is 27.9 Å². The Hall–Kier alpha value is -3.26. The molecule has 0 radical (unpaired) electrons. The van der Waals surface area contributed by atoms with E-state index in [1.165, 1.54) is 32.0 Å². The first-order valence-corrected chi connectivity index (χ1v) is 9.26. The third-order valence-corrected chi connectivity index (χ3v) is 5.03. The first-order valence-electron chi connectivity index (χ1n) is 9.26. The van der Waals surface area contributed by atoms with Gasteiger partial charge in [0.2, 0.25) is 5.91 Å². The monoisotopic (exact) mass is 416 g/mol. The van der Waals surface area contributed by atoms with Crippen LogP contribution in [0.4, 0.5) is 8.78 Å². The van der Waals surface area contributed by atoms with E-state index in [9.17, 15) is 23.5 Å². The van der Waals surface area contributed by atoms with E-state index in [1.807, 2.05) is 0 Å². The van der Waals surface area contributed by atoms with Crippen LogP contribution in [-0.4, -0.2) is 29.1 Å². The van der Waals surface area contributed by atoms with Gasteiger partial charge < -0.3 is 20.6 Å². The van der Waals surface area contributed by atoms with Gasteiger partial charge >= 0.3 is 0 Å². The first kappa shape index (κ1) is 21.4. The third kappa shape index (κ3) is 4.04. The van der Waals surface area contributed by atoms with Crippen LogP contribution in [-0.2, 0) is 17.1 Å². The van der Waals surface area contributed by atoms with Gasteiger partial charge in [0.1, 0.15) is 16.9 Å². The summed E-state index contributed by atoms with van der Waals surface area (Å²) < 4.78 is 35.4. The van der Waals surface area contributed by atoms with Gasteiger partial charge in [-0.3, -0.25) is 9.59 Å². The molecule has 4 N–H and O–H groups in total.